The lowest BCUT2D eigenvalue weighted by atomic mass is 10.1. The quantitative estimate of drug-likeness (QED) is 0.151. The molecule has 0 fully saturated rings. The first kappa shape index (κ1) is 28.3. The molecule has 0 spiro atoms. The second-order valence-electron chi connectivity index (χ2n) is 7.07. The highest BCUT2D eigenvalue weighted by molar-refractivity contribution is 14.1. The van der Waals surface area contributed by atoms with Crippen molar-refractivity contribution in [1.82, 2.24) is 0 Å². The van der Waals surface area contributed by atoms with E-state index in [0.717, 1.165) is 5.57 Å². The number of rotatable bonds is 7. The molecule has 0 aromatic carbocycles. The number of cyclic esters (lactones) is 3. The van der Waals surface area contributed by atoms with E-state index in [1.54, 1.807) is 31.1 Å². The van der Waals surface area contributed by atoms with E-state index >= 15 is 0 Å². The van der Waals surface area contributed by atoms with Crippen molar-refractivity contribution in [1.29, 1.82) is 0 Å². The van der Waals surface area contributed by atoms with Gasteiger partial charge in [-0.1, -0.05) is 28.7 Å². The number of methoxy groups -OCH3 is 1. The maximum atomic E-state index is 12.3. The van der Waals surface area contributed by atoms with E-state index in [2.05, 4.69) is 22.6 Å². The minimum absolute atomic E-state index is 0.0863. The largest absolute Gasteiger partial charge is 0.459 e. The highest BCUT2D eigenvalue weighted by Crippen LogP contribution is 2.16. The average molecular weight is 566 g/mol. The summed E-state index contributed by atoms with van der Waals surface area (Å²) >= 11 is 2.05. The molecule has 1 rings (SSSR count). The van der Waals surface area contributed by atoms with Crippen molar-refractivity contribution >= 4 is 40.5 Å². The number of hydrogen-bond donors (Lipinski definition) is 0. The summed E-state index contributed by atoms with van der Waals surface area (Å²) in [4.78, 5) is 36.6. The van der Waals surface area contributed by atoms with E-state index in [1.807, 2.05) is 6.92 Å². The summed E-state index contributed by atoms with van der Waals surface area (Å²) in [6.07, 6.45) is 2.95. The Morgan fingerprint density at radius 3 is 2.53 bits per heavy atom. The molecule has 0 aromatic rings. The molecule has 1 aliphatic rings. The minimum atomic E-state index is -0.757. The molecule has 10 heteroatoms. The van der Waals surface area contributed by atoms with E-state index < -0.39 is 42.3 Å². The van der Waals surface area contributed by atoms with Crippen molar-refractivity contribution in [2.45, 2.75) is 58.0 Å². The van der Waals surface area contributed by atoms with Crippen molar-refractivity contribution < 1.29 is 42.8 Å². The van der Waals surface area contributed by atoms with Gasteiger partial charge in [-0.05, 0) is 36.5 Å². The fourth-order valence-electron chi connectivity index (χ4n) is 2.54. The number of carbonyl (C=O) groups is 3. The molecule has 1 aliphatic heterocycles. The molecule has 0 aromatic heterocycles. The smallest absolute Gasteiger partial charge is 0.330 e. The van der Waals surface area contributed by atoms with Crippen molar-refractivity contribution in [2.24, 2.45) is 0 Å². The molecular weight excluding hydrogens is 535 g/mol. The van der Waals surface area contributed by atoms with E-state index in [9.17, 15) is 14.4 Å². The van der Waals surface area contributed by atoms with Crippen LogP contribution in [0.5, 0.6) is 0 Å². The lowest BCUT2D eigenvalue weighted by molar-refractivity contribution is -0.155. The van der Waals surface area contributed by atoms with Gasteiger partial charge in [0.15, 0.2) is 0 Å². The van der Waals surface area contributed by atoms with Crippen LogP contribution in [0.2, 0.25) is 0 Å². The Morgan fingerprint density at radius 2 is 1.84 bits per heavy atom. The Balaban J connectivity index is 2.97. The van der Waals surface area contributed by atoms with Crippen LogP contribution in [0.15, 0.2) is 34.0 Å². The normalized spacial score (nSPS) is 28.4. The number of hydrogen-bond acceptors (Lipinski definition) is 9. The Labute approximate surface area is 202 Å². The van der Waals surface area contributed by atoms with Gasteiger partial charge in [-0.2, -0.15) is 0 Å². The van der Waals surface area contributed by atoms with Crippen LogP contribution in [0.4, 0.5) is 0 Å². The molecule has 0 bridgehead atoms. The van der Waals surface area contributed by atoms with Crippen LogP contribution < -0.4 is 0 Å². The fraction of sp³-hybridized carbons (Fsp3) is 0.591. The van der Waals surface area contributed by atoms with Gasteiger partial charge in [0.2, 0.25) is 0 Å². The molecule has 9 nitrogen and oxygen atoms in total. The van der Waals surface area contributed by atoms with Crippen LogP contribution >= 0.6 is 22.6 Å². The summed E-state index contributed by atoms with van der Waals surface area (Å²) in [6, 6.07) is 0. The average Bonchev–Trinajstić information content (AvgIpc) is 2.73. The fourth-order valence-corrected chi connectivity index (χ4v) is 2.95. The Morgan fingerprint density at radius 1 is 1.12 bits per heavy atom. The van der Waals surface area contributed by atoms with E-state index in [4.69, 9.17) is 28.4 Å². The molecule has 0 aliphatic carbocycles. The highest BCUT2D eigenvalue weighted by atomic mass is 127. The van der Waals surface area contributed by atoms with Gasteiger partial charge in [0.25, 0.3) is 0 Å². The van der Waals surface area contributed by atoms with Gasteiger partial charge < -0.3 is 28.4 Å². The summed E-state index contributed by atoms with van der Waals surface area (Å²) < 4.78 is 33.7. The van der Waals surface area contributed by atoms with Gasteiger partial charge >= 0.3 is 17.9 Å². The summed E-state index contributed by atoms with van der Waals surface area (Å²) in [7, 11) is 1.55. The number of ether oxygens (including phenoxy) is 6. The first-order valence-corrected chi connectivity index (χ1v) is 11.4. The predicted octanol–water partition coefficient (Wildman–Crippen LogP) is 3.01. The molecule has 0 saturated heterocycles. The molecule has 4 atom stereocenters. The summed E-state index contributed by atoms with van der Waals surface area (Å²) in [5, 5.41) is 0. The van der Waals surface area contributed by atoms with Crippen molar-refractivity contribution in [2.75, 3.05) is 27.1 Å². The van der Waals surface area contributed by atoms with Crippen molar-refractivity contribution in [3.05, 3.63) is 34.0 Å². The van der Waals surface area contributed by atoms with Gasteiger partial charge in [-0.15, -0.1) is 0 Å². The maximum Gasteiger partial charge on any atom is 0.330 e. The molecular formula is C22H31IO9. The Kier molecular flexibility index (Phi) is 14.1. The highest BCUT2D eigenvalue weighted by Gasteiger charge is 2.22. The summed E-state index contributed by atoms with van der Waals surface area (Å²) in [6.45, 7) is 5.71. The SMILES string of the molecule is COCCOCO[C@@H]1/C=C/C(=O)O[C@@H](C)CC(=O)O[C@@H](/C(C)=C/I)C/C=C/C(=O)O[C@H]1C. The minimum Gasteiger partial charge on any atom is -0.459 e. The van der Waals surface area contributed by atoms with Crippen LogP contribution in [0.1, 0.15) is 33.6 Å². The van der Waals surface area contributed by atoms with Crippen molar-refractivity contribution in [3.63, 3.8) is 0 Å². The lowest BCUT2D eigenvalue weighted by Crippen LogP contribution is -2.31. The molecule has 0 amide bonds. The number of carbonyl (C=O) groups excluding carboxylic acids is 3. The topological polar surface area (TPSA) is 107 Å². The molecule has 0 N–H and O–H groups in total. The molecule has 32 heavy (non-hydrogen) atoms. The van der Waals surface area contributed by atoms with E-state index in [1.165, 1.54) is 18.2 Å². The zero-order chi connectivity index (χ0) is 23.9. The zero-order valence-corrected chi connectivity index (χ0v) is 20.9. The zero-order valence-electron chi connectivity index (χ0n) is 18.8. The maximum absolute atomic E-state index is 12.3. The number of esters is 3. The third kappa shape index (κ3) is 11.7. The van der Waals surface area contributed by atoms with Gasteiger partial charge in [0.1, 0.15) is 31.2 Å². The molecule has 0 saturated carbocycles. The lowest BCUT2D eigenvalue weighted by Gasteiger charge is -2.22. The van der Waals surface area contributed by atoms with Crippen LogP contribution in [0, 0.1) is 0 Å². The first-order chi connectivity index (χ1) is 15.3. The van der Waals surface area contributed by atoms with Crippen LogP contribution in [-0.2, 0) is 42.8 Å². The van der Waals surface area contributed by atoms with Gasteiger partial charge in [0.05, 0.1) is 19.6 Å². The standard InChI is InChI=1S/C22H31IO9/c1-15(13-23)18-6-5-7-20(24)31-17(3)19(29-14-28-11-10-27-4)8-9-21(25)30-16(2)12-22(26)32-18/h5,7-9,13,16-19H,6,10-12,14H2,1-4H3/b7-5+,9-8+,15-13+/t16-,17-,18+,19+/m0/s1. The van der Waals surface area contributed by atoms with Gasteiger partial charge in [0, 0.05) is 25.7 Å². The first-order valence-electron chi connectivity index (χ1n) is 10.2. The molecule has 0 unspecified atom stereocenters. The predicted molar refractivity (Wildman–Crippen MR) is 124 cm³/mol. The Bertz CT molecular complexity index is 702. The molecule has 0 radical (unpaired) electrons. The summed E-state index contributed by atoms with van der Waals surface area (Å²) in [5.74, 6) is -1.77. The van der Waals surface area contributed by atoms with E-state index in [0.29, 0.717) is 19.6 Å². The van der Waals surface area contributed by atoms with Crippen molar-refractivity contribution in [3.8, 4) is 0 Å². The van der Waals surface area contributed by atoms with Gasteiger partial charge in [-0.25, -0.2) is 9.59 Å². The second-order valence-corrected chi connectivity index (χ2v) is 7.70. The number of halogens is 1. The van der Waals surface area contributed by atoms with Gasteiger partial charge in [-0.3, -0.25) is 4.79 Å². The summed E-state index contributed by atoms with van der Waals surface area (Å²) in [5.41, 5.74) is 0.820. The van der Waals surface area contributed by atoms with Crippen LogP contribution in [-0.4, -0.2) is 69.4 Å². The van der Waals surface area contributed by atoms with Crippen LogP contribution in [0.25, 0.3) is 0 Å². The third-order valence-corrected chi connectivity index (χ3v) is 5.27. The third-order valence-electron chi connectivity index (χ3n) is 4.29. The van der Waals surface area contributed by atoms with Crippen LogP contribution in [0.3, 0.4) is 0 Å². The molecule has 1 heterocycles. The second kappa shape index (κ2) is 15.9. The molecule has 180 valence electrons. The Hall–Kier alpha value is -1.76. The monoisotopic (exact) mass is 566 g/mol. The van der Waals surface area contributed by atoms with E-state index in [-0.39, 0.29) is 13.2 Å².